The molecule has 4 rings (SSSR count). The van der Waals surface area contributed by atoms with Gasteiger partial charge in [-0.3, -0.25) is 9.80 Å². The van der Waals surface area contributed by atoms with E-state index < -0.39 is 0 Å². The number of hydrogen-bond acceptors (Lipinski definition) is 2. The lowest BCUT2D eigenvalue weighted by molar-refractivity contribution is -0.0490. The van der Waals surface area contributed by atoms with Crippen molar-refractivity contribution in [1.29, 1.82) is 0 Å². The van der Waals surface area contributed by atoms with Crippen molar-refractivity contribution in [3.63, 3.8) is 0 Å². The smallest absolute Gasteiger partial charge is 0.0605 e. The summed E-state index contributed by atoms with van der Waals surface area (Å²) in [6.07, 6.45) is 2.62. The van der Waals surface area contributed by atoms with Gasteiger partial charge >= 0.3 is 0 Å². The fraction of sp³-hybridized carbons (Fsp3) is 0.391. The van der Waals surface area contributed by atoms with E-state index in [1.807, 2.05) is 12.1 Å². The largest absolute Gasteiger partial charge is 0.298 e. The summed E-state index contributed by atoms with van der Waals surface area (Å²) in [4.78, 5) is 5.10. The van der Waals surface area contributed by atoms with Crippen molar-refractivity contribution in [1.82, 2.24) is 9.80 Å². The molecule has 2 aromatic rings. The van der Waals surface area contributed by atoms with Crippen molar-refractivity contribution in [2.45, 2.75) is 19.4 Å². The van der Waals surface area contributed by atoms with Crippen LogP contribution < -0.4 is 0 Å². The number of benzene rings is 2. The fourth-order valence-corrected chi connectivity index (χ4v) is 4.68. The molecule has 0 aliphatic carbocycles. The normalized spacial score (nSPS) is 19.3. The third-order valence-corrected chi connectivity index (χ3v) is 6.79. The molecule has 0 atom stereocenters. The molecular formula is C23H24Br2N2. The monoisotopic (exact) mass is 486 g/mol. The molecule has 0 saturated carbocycles. The summed E-state index contributed by atoms with van der Waals surface area (Å²) in [6.45, 7) is 6.83. The maximum absolute atomic E-state index is 3.51. The Labute approximate surface area is 179 Å². The van der Waals surface area contributed by atoms with E-state index in [1.165, 1.54) is 44.6 Å². The van der Waals surface area contributed by atoms with Gasteiger partial charge in [0.15, 0.2) is 0 Å². The number of rotatable bonds is 3. The minimum atomic E-state index is 0.561. The Kier molecular flexibility index (Phi) is 6.04. The molecule has 0 bridgehead atoms. The molecule has 0 unspecified atom stereocenters. The Balaban J connectivity index is 1.21. The third-order valence-electron chi connectivity index (χ3n) is 5.73. The quantitative estimate of drug-likeness (QED) is 0.551. The molecule has 2 aliphatic rings. The zero-order valence-corrected chi connectivity index (χ0v) is 18.6. The highest BCUT2D eigenvalue weighted by molar-refractivity contribution is 9.10. The maximum Gasteiger partial charge on any atom is 0.0605 e. The minimum absolute atomic E-state index is 0.561. The summed E-state index contributed by atoms with van der Waals surface area (Å²) in [5.41, 5.74) is 3.06. The van der Waals surface area contributed by atoms with Gasteiger partial charge in [-0.25, -0.2) is 0 Å². The molecule has 1 spiro atoms. The number of likely N-dealkylation sites (tertiary alicyclic amines) is 2. The van der Waals surface area contributed by atoms with Gasteiger partial charge in [-0.2, -0.15) is 0 Å². The average Bonchev–Trinajstić information content (AvgIpc) is 2.65. The fourth-order valence-electron chi connectivity index (χ4n) is 4.15. The van der Waals surface area contributed by atoms with Crippen LogP contribution in [-0.2, 0) is 6.54 Å². The van der Waals surface area contributed by atoms with Gasteiger partial charge in [-0.05, 0) is 73.3 Å². The first-order valence-electron chi connectivity index (χ1n) is 9.54. The van der Waals surface area contributed by atoms with Crippen molar-refractivity contribution in [2.24, 2.45) is 5.41 Å². The Bertz CT molecular complexity index is 817. The number of piperidine rings is 1. The molecule has 0 amide bonds. The molecule has 2 aromatic carbocycles. The summed E-state index contributed by atoms with van der Waals surface area (Å²) < 4.78 is 2.26. The van der Waals surface area contributed by atoms with Gasteiger partial charge < -0.3 is 0 Å². The third kappa shape index (κ3) is 5.03. The van der Waals surface area contributed by atoms with Crippen LogP contribution in [0.2, 0.25) is 0 Å². The van der Waals surface area contributed by atoms with Gasteiger partial charge in [-0.15, -0.1) is 0 Å². The summed E-state index contributed by atoms with van der Waals surface area (Å²) in [5.74, 6) is 6.63. The zero-order valence-electron chi connectivity index (χ0n) is 15.4. The number of nitrogens with zero attached hydrogens (tertiary/aromatic N) is 2. The molecule has 2 aliphatic heterocycles. The van der Waals surface area contributed by atoms with Crippen LogP contribution in [0.5, 0.6) is 0 Å². The van der Waals surface area contributed by atoms with Gasteiger partial charge in [0.25, 0.3) is 0 Å². The van der Waals surface area contributed by atoms with Crippen LogP contribution >= 0.6 is 31.9 Å². The van der Waals surface area contributed by atoms with Gasteiger partial charge in [0.05, 0.1) is 6.54 Å². The van der Waals surface area contributed by atoms with Crippen molar-refractivity contribution in [3.05, 3.63) is 68.6 Å². The first kappa shape index (κ1) is 19.2. The molecule has 2 heterocycles. The summed E-state index contributed by atoms with van der Waals surface area (Å²) in [7, 11) is 0. The highest BCUT2D eigenvalue weighted by Gasteiger charge is 2.44. The molecule has 27 heavy (non-hydrogen) atoms. The highest BCUT2D eigenvalue weighted by Crippen LogP contribution is 2.40. The molecule has 2 nitrogen and oxygen atoms in total. The Morgan fingerprint density at radius 1 is 0.815 bits per heavy atom. The zero-order chi connectivity index (χ0) is 18.7. The Hall–Kier alpha value is -1.12. The van der Waals surface area contributed by atoms with Crippen molar-refractivity contribution >= 4 is 31.9 Å². The van der Waals surface area contributed by atoms with Crippen molar-refractivity contribution in [3.8, 4) is 11.8 Å². The van der Waals surface area contributed by atoms with Crippen LogP contribution in [0.4, 0.5) is 0 Å². The predicted octanol–water partition coefficient (Wildman–Crippen LogP) is 5.16. The van der Waals surface area contributed by atoms with E-state index in [1.54, 1.807) is 0 Å². The second kappa shape index (κ2) is 8.49. The van der Waals surface area contributed by atoms with Gasteiger partial charge in [0.1, 0.15) is 0 Å². The van der Waals surface area contributed by atoms with Gasteiger partial charge in [0, 0.05) is 34.1 Å². The van der Waals surface area contributed by atoms with E-state index in [4.69, 9.17) is 0 Å². The molecule has 2 saturated heterocycles. The van der Waals surface area contributed by atoms with Crippen LogP contribution in [0.25, 0.3) is 0 Å². The molecule has 0 radical (unpaired) electrons. The van der Waals surface area contributed by atoms with E-state index in [9.17, 15) is 0 Å². The van der Waals surface area contributed by atoms with E-state index in [0.717, 1.165) is 27.6 Å². The summed E-state index contributed by atoms with van der Waals surface area (Å²) in [6, 6.07) is 16.9. The minimum Gasteiger partial charge on any atom is -0.298 e. The summed E-state index contributed by atoms with van der Waals surface area (Å²) in [5, 5.41) is 0. The van der Waals surface area contributed by atoms with E-state index >= 15 is 0 Å². The second-order valence-electron chi connectivity index (χ2n) is 7.86. The lowest BCUT2D eigenvalue weighted by atomic mass is 9.72. The summed E-state index contributed by atoms with van der Waals surface area (Å²) >= 11 is 6.97. The van der Waals surface area contributed by atoms with E-state index in [0.29, 0.717) is 5.41 Å². The van der Waals surface area contributed by atoms with E-state index in [2.05, 4.69) is 89.9 Å². The Morgan fingerprint density at radius 2 is 1.41 bits per heavy atom. The average molecular weight is 488 g/mol. The maximum atomic E-state index is 3.51. The van der Waals surface area contributed by atoms with Crippen LogP contribution in [0.3, 0.4) is 0 Å². The van der Waals surface area contributed by atoms with Crippen LogP contribution in [0.15, 0.2) is 57.5 Å². The topological polar surface area (TPSA) is 6.48 Å². The predicted molar refractivity (Wildman–Crippen MR) is 119 cm³/mol. The lowest BCUT2D eigenvalue weighted by Crippen LogP contribution is -2.59. The lowest BCUT2D eigenvalue weighted by Gasteiger charge is -2.54. The molecule has 4 heteroatoms. The first-order chi connectivity index (χ1) is 13.1. The number of hydrogen-bond donors (Lipinski definition) is 0. The van der Waals surface area contributed by atoms with Crippen LogP contribution in [0.1, 0.15) is 24.0 Å². The molecule has 140 valence electrons. The highest BCUT2D eigenvalue weighted by atomic mass is 79.9. The SMILES string of the molecule is Brc1ccc(C#CCN2CCC3(CC2)CN(Cc2ccc(Br)cc2)C3)cc1. The molecule has 0 N–H and O–H groups in total. The van der Waals surface area contributed by atoms with Crippen molar-refractivity contribution in [2.75, 3.05) is 32.7 Å². The standard InChI is InChI=1S/C23H24Br2N2/c24-21-7-3-19(4-8-21)2-1-13-26-14-11-23(12-15-26)17-27(18-23)16-20-5-9-22(25)10-6-20/h3-10H,11-18H2. The first-order valence-corrected chi connectivity index (χ1v) is 11.1. The van der Waals surface area contributed by atoms with E-state index in [-0.39, 0.29) is 0 Å². The number of halogens is 2. The van der Waals surface area contributed by atoms with Gasteiger partial charge in [-0.1, -0.05) is 55.8 Å². The Morgan fingerprint density at radius 3 is 2.04 bits per heavy atom. The van der Waals surface area contributed by atoms with Crippen LogP contribution in [0, 0.1) is 17.3 Å². The van der Waals surface area contributed by atoms with Crippen molar-refractivity contribution < 1.29 is 0 Å². The molecule has 2 fully saturated rings. The molecular weight excluding hydrogens is 464 g/mol. The second-order valence-corrected chi connectivity index (χ2v) is 9.69. The van der Waals surface area contributed by atoms with Gasteiger partial charge in [0.2, 0.25) is 0 Å². The van der Waals surface area contributed by atoms with Crippen LogP contribution in [-0.4, -0.2) is 42.5 Å². The molecule has 0 aromatic heterocycles.